The van der Waals surface area contributed by atoms with Gasteiger partial charge in [-0.15, -0.1) is 0 Å². The van der Waals surface area contributed by atoms with Gasteiger partial charge in [-0.3, -0.25) is 0 Å². The third-order valence-corrected chi connectivity index (χ3v) is 7.15. The number of unbranched alkanes of at least 4 members (excludes halogenated alkanes) is 7. The van der Waals surface area contributed by atoms with E-state index in [0.717, 1.165) is 50.9 Å². The lowest BCUT2D eigenvalue weighted by molar-refractivity contribution is 0.0267. The summed E-state index contributed by atoms with van der Waals surface area (Å²) in [4.78, 5) is 25.2. The lowest BCUT2D eigenvalue weighted by Gasteiger charge is -2.16. The van der Waals surface area contributed by atoms with Crippen LogP contribution in [0.15, 0.2) is 83.0 Å². The Morgan fingerprint density at radius 1 is 0.605 bits per heavy atom. The van der Waals surface area contributed by atoms with E-state index in [1.54, 1.807) is 48.5 Å². The van der Waals surface area contributed by atoms with Gasteiger partial charge in [0.1, 0.15) is 17.6 Å². The van der Waals surface area contributed by atoms with Crippen LogP contribution in [0, 0.1) is 0 Å². The Morgan fingerprint density at radius 2 is 1.12 bits per heavy atom. The number of hydrogen-bond donors (Lipinski definition) is 0. The zero-order valence-corrected chi connectivity index (χ0v) is 25.9. The van der Waals surface area contributed by atoms with Crippen LogP contribution < -0.4 is 9.47 Å². The van der Waals surface area contributed by atoms with Crippen LogP contribution in [0.25, 0.3) is 0 Å². The Bertz CT molecular complexity index is 1250. The normalized spacial score (nSPS) is 11.8. The average Bonchev–Trinajstić information content (AvgIpc) is 3.04. The van der Waals surface area contributed by atoms with Crippen LogP contribution in [0.4, 0.5) is 11.4 Å². The van der Waals surface area contributed by atoms with Crippen LogP contribution in [0.3, 0.4) is 0 Å². The largest absolute Gasteiger partial charge is 0.494 e. The molecule has 0 radical (unpaired) electrons. The summed E-state index contributed by atoms with van der Waals surface area (Å²) >= 11 is 0. The first kappa shape index (κ1) is 33.5. The van der Waals surface area contributed by atoms with E-state index in [1.807, 2.05) is 31.2 Å². The molecule has 0 N–H and O–H groups in total. The Morgan fingerprint density at radius 3 is 1.74 bits per heavy atom. The number of azo groups is 1. The highest BCUT2D eigenvalue weighted by Crippen LogP contribution is 2.23. The molecule has 3 aromatic rings. The molecule has 1 atom stereocenters. The highest BCUT2D eigenvalue weighted by molar-refractivity contribution is 5.92. The molecule has 3 aromatic carbocycles. The molecule has 7 nitrogen and oxygen atoms in total. The molecular formula is C36H46N2O5. The lowest BCUT2D eigenvalue weighted by atomic mass is 10.1. The van der Waals surface area contributed by atoms with E-state index in [-0.39, 0.29) is 12.1 Å². The van der Waals surface area contributed by atoms with Gasteiger partial charge < -0.3 is 14.2 Å². The molecule has 0 fully saturated rings. The highest BCUT2D eigenvalue weighted by atomic mass is 16.5. The molecule has 0 amide bonds. The molecule has 0 spiro atoms. The number of carbonyl (C=O) groups excluding carboxylic acids is 2. The van der Waals surface area contributed by atoms with Crippen molar-refractivity contribution in [2.45, 2.75) is 97.5 Å². The Labute approximate surface area is 256 Å². The maximum Gasteiger partial charge on any atom is 0.343 e. The zero-order valence-electron chi connectivity index (χ0n) is 25.9. The van der Waals surface area contributed by atoms with E-state index < -0.39 is 5.97 Å². The van der Waals surface area contributed by atoms with Crippen molar-refractivity contribution in [2.75, 3.05) is 6.61 Å². The van der Waals surface area contributed by atoms with E-state index in [0.29, 0.717) is 28.3 Å². The number of nitrogens with zero attached hydrogens (tertiary/aromatic N) is 2. The zero-order chi connectivity index (χ0) is 30.7. The highest BCUT2D eigenvalue weighted by Gasteiger charge is 2.15. The summed E-state index contributed by atoms with van der Waals surface area (Å²) in [5.74, 6) is 0.309. The molecular weight excluding hydrogens is 540 g/mol. The minimum Gasteiger partial charge on any atom is -0.494 e. The molecule has 3 rings (SSSR count). The number of esters is 2. The third kappa shape index (κ3) is 12.4. The van der Waals surface area contributed by atoms with E-state index in [2.05, 4.69) is 24.1 Å². The van der Waals surface area contributed by atoms with E-state index in [9.17, 15) is 9.59 Å². The predicted octanol–water partition coefficient (Wildman–Crippen LogP) is 10.6. The van der Waals surface area contributed by atoms with Gasteiger partial charge in [-0.25, -0.2) is 9.59 Å². The SMILES string of the molecule is CCCCCCCCOc1ccc(N=Nc2ccc(C(=O)Oc3ccc(C(=O)O[C@@H](CC)CCCCC)cc3)cc2)cc1. The fraction of sp³-hybridized carbons (Fsp3) is 0.444. The Balaban J connectivity index is 1.44. The van der Waals surface area contributed by atoms with Gasteiger partial charge in [-0.2, -0.15) is 10.2 Å². The van der Waals surface area contributed by atoms with E-state index >= 15 is 0 Å². The number of rotatable bonds is 19. The maximum atomic E-state index is 12.6. The van der Waals surface area contributed by atoms with Crippen LogP contribution in [0.5, 0.6) is 11.5 Å². The van der Waals surface area contributed by atoms with Gasteiger partial charge in [0.2, 0.25) is 0 Å². The first-order valence-corrected chi connectivity index (χ1v) is 15.8. The van der Waals surface area contributed by atoms with Crippen molar-refractivity contribution in [3.05, 3.63) is 83.9 Å². The minimum atomic E-state index is -0.502. The number of ether oxygens (including phenoxy) is 3. The van der Waals surface area contributed by atoms with E-state index in [4.69, 9.17) is 14.2 Å². The Hall–Kier alpha value is -4.00. The fourth-order valence-corrected chi connectivity index (χ4v) is 4.47. The van der Waals surface area contributed by atoms with Crippen LogP contribution in [-0.2, 0) is 4.74 Å². The van der Waals surface area contributed by atoms with Gasteiger partial charge >= 0.3 is 11.9 Å². The van der Waals surface area contributed by atoms with Crippen molar-refractivity contribution >= 4 is 23.3 Å². The van der Waals surface area contributed by atoms with Gasteiger partial charge in [0.05, 0.1) is 29.1 Å². The molecule has 0 aliphatic heterocycles. The molecule has 0 aliphatic carbocycles. The summed E-state index contributed by atoms with van der Waals surface area (Å²) in [6.07, 6.45) is 12.3. The van der Waals surface area contributed by atoms with Crippen molar-refractivity contribution < 1.29 is 23.8 Å². The Kier molecular flexibility index (Phi) is 15.0. The van der Waals surface area contributed by atoms with Crippen molar-refractivity contribution in [1.82, 2.24) is 0 Å². The summed E-state index contributed by atoms with van der Waals surface area (Å²) in [7, 11) is 0. The van der Waals surface area contributed by atoms with Gasteiger partial charge in [-0.1, -0.05) is 65.7 Å². The second-order valence-corrected chi connectivity index (χ2v) is 10.7. The molecule has 0 bridgehead atoms. The van der Waals surface area contributed by atoms with Gasteiger partial charge in [0, 0.05) is 0 Å². The van der Waals surface area contributed by atoms with Crippen molar-refractivity contribution in [2.24, 2.45) is 10.2 Å². The lowest BCUT2D eigenvalue weighted by Crippen LogP contribution is -2.17. The predicted molar refractivity (Wildman–Crippen MR) is 171 cm³/mol. The fourth-order valence-electron chi connectivity index (χ4n) is 4.47. The molecule has 43 heavy (non-hydrogen) atoms. The summed E-state index contributed by atoms with van der Waals surface area (Å²) in [6.45, 7) is 7.12. The van der Waals surface area contributed by atoms with Crippen LogP contribution in [0.2, 0.25) is 0 Å². The summed E-state index contributed by atoms with van der Waals surface area (Å²) < 4.78 is 17.0. The van der Waals surface area contributed by atoms with Gasteiger partial charge in [-0.05, 0) is 98.5 Å². The van der Waals surface area contributed by atoms with Crippen molar-refractivity contribution in [3.63, 3.8) is 0 Å². The second kappa shape index (κ2) is 19.2. The summed E-state index contributed by atoms with van der Waals surface area (Å²) in [5, 5.41) is 8.54. The van der Waals surface area contributed by atoms with Crippen LogP contribution in [0.1, 0.15) is 112 Å². The number of hydrogen-bond acceptors (Lipinski definition) is 7. The van der Waals surface area contributed by atoms with Gasteiger partial charge in [0.15, 0.2) is 0 Å². The molecule has 0 aliphatic rings. The summed E-state index contributed by atoms with van der Waals surface area (Å²) in [5.41, 5.74) is 2.14. The molecule has 230 valence electrons. The monoisotopic (exact) mass is 586 g/mol. The smallest absolute Gasteiger partial charge is 0.343 e. The maximum absolute atomic E-state index is 12.6. The molecule has 0 saturated heterocycles. The molecule has 7 heteroatoms. The molecule has 0 unspecified atom stereocenters. The topological polar surface area (TPSA) is 86.5 Å². The van der Waals surface area contributed by atoms with Crippen LogP contribution in [-0.4, -0.2) is 24.6 Å². The first-order valence-electron chi connectivity index (χ1n) is 15.8. The standard InChI is InChI=1S/C36H46N2O5/c1-4-7-9-10-11-13-27-41-33-25-21-31(22-26-33)38-37-30-19-15-28(16-20-30)36(40)43-34-23-17-29(18-24-34)35(39)42-32(6-3)14-12-8-5-2/h15-26,32H,4-14,27H2,1-3H3/t32-/m0/s1. The second-order valence-electron chi connectivity index (χ2n) is 10.7. The van der Waals surface area contributed by atoms with Crippen molar-refractivity contribution in [1.29, 1.82) is 0 Å². The van der Waals surface area contributed by atoms with E-state index in [1.165, 1.54) is 32.1 Å². The van der Waals surface area contributed by atoms with Crippen LogP contribution >= 0.6 is 0 Å². The third-order valence-electron chi connectivity index (χ3n) is 7.15. The number of benzene rings is 3. The molecule has 0 saturated carbocycles. The van der Waals surface area contributed by atoms with Crippen molar-refractivity contribution in [3.8, 4) is 11.5 Å². The molecule has 0 heterocycles. The first-order chi connectivity index (χ1) is 21.0. The quantitative estimate of drug-likeness (QED) is 0.0603. The minimum absolute atomic E-state index is 0.0845. The average molecular weight is 587 g/mol. The summed E-state index contributed by atoms with van der Waals surface area (Å²) in [6, 6.07) is 20.7. The van der Waals surface area contributed by atoms with Gasteiger partial charge in [0.25, 0.3) is 0 Å². The molecule has 0 aromatic heterocycles. The number of carbonyl (C=O) groups is 2.